The zero-order valence-corrected chi connectivity index (χ0v) is 15.3. The molecular weight excluding hydrogens is 361 g/mol. The Morgan fingerprint density at radius 2 is 1.96 bits per heavy atom. The van der Waals surface area contributed by atoms with E-state index in [1.165, 1.54) is 0 Å². The lowest BCUT2D eigenvalue weighted by Gasteiger charge is -2.35. The number of amides is 1. The summed E-state index contributed by atoms with van der Waals surface area (Å²) < 4.78 is 5.25. The SMILES string of the molecule is COc1ccc2c(c1)CCCC2(O)CNC(=O)c1cc(Cl)cc(Cl)c1. The molecule has 6 heteroatoms. The molecule has 132 valence electrons. The summed E-state index contributed by atoms with van der Waals surface area (Å²) in [5.41, 5.74) is 1.15. The van der Waals surface area contributed by atoms with Crippen molar-refractivity contribution in [3.63, 3.8) is 0 Å². The molecule has 4 nitrogen and oxygen atoms in total. The van der Waals surface area contributed by atoms with Gasteiger partial charge < -0.3 is 15.2 Å². The molecule has 0 fully saturated rings. The first-order chi connectivity index (χ1) is 11.9. The summed E-state index contributed by atoms with van der Waals surface area (Å²) in [7, 11) is 1.62. The average Bonchev–Trinajstić information content (AvgIpc) is 2.58. The lowest BCUT2D eigenvalue weighted by atomic mass is 9.79. The normalized spacial score (nSPS) is 19.2. The van der Waals surface area contributed by atoms with Gasteiger partial charge in [0.25, 0.3) is 5.91 Å². The van der Waals surface area contributed by atoms with Gasteiger partial charge in [0.05, 0.1) is 13.7 Å². The number of ether oxygens (including phenoxy) is 1. The molecule has 0 radical (unpaired) electrons. The maximum atomic E-state index is 12.4. The predicted octanol–water partition coefficient (Wildman–Crippen LogP) is 3.96. The number of fused-ring (bicyclic) bond motifs is 1. The molecular formula is C19H19Cl2NO3. The van der Waals surface area contributed by atoms with Crippen LogP contribution in [0.2, 0.25) is 10.0 Å². The van der Waals surface area contributed by atoms with Gasteiger partial charge in [0.2, 0.25) is 0 Å². The van der Waals surface area contributed by atoms with Crippen molar-refractivity contribution in [2.75, 3.05) is 13.7 Å². The third-order valence-electron chi connectivity index (χ3n) is 4.52. The molecule has 25 heavy (non-hydrogen) atoms. The number of methoxy groups -OCH3 is 1. The van der Waals surface area contributed by atoms with Crippen LogP contribution in [0.4, 0.5) is 0 Å². The highest BCUT2D eigenvalue weighted by molar-refractivity contribution is 6.35. The van der Waals surface area contributed by atoms with Crippen molar-refractivity contribution >= 4 is 29.1 Å². The largest absolute Gasteiger partial charge is 0.497 e. The van der Waals surface area contributed by atoms with E-state index in [9.17, 15) is 9.90 Å². The number of hydrogen-bond donors (Lipinski definition) is 2. The molecule has 1 amide bonds. The van der Waals surface area contributed by atoms with Crippen LogP contribution in [-0.2, 0) is 12.0 Å². The van der Waals surface area contributed by atoms with Crippen molar-refractivity contribution < 1.29 is 14.6 Å². The van der Waals surface area contributed by atoms with Gasteiger partial charge >= 0.3 is 0 Å². The third-order valence-corrected chi connectivity index (χ3v) is 4.95. The highest BCUT2D eigenvalue weighted by atomic mass is 35.5. The Morgan fingerprint density at radius 1 is 1.24 bits per heavy atom. The van der Waals surface area contributed by atoms with Crippen LogP contribution in [-0.4, -0.2) is 24.7 Å². The zero-order valence-electron chi connectivity index (χ0n) is 13.8. The number of benzene rings is 2. The van der Waals surface area contributed by atoms with E-state index in [1.807, 2.05) is 18.2 Å². The topological polar surface area (TPSA) is 58.6 Å². The van der Waals surface area contributed by atoms with Crippen LogP contribution in [0.3, 0.4) is 0 Å². The van der Waals surface area contributed by atoms with Crippen molar-refractivity contribution in [3.05, 3.63) is 63.1 Å². The molecule has 3 rings (SSSR count). The van der Waals surface area contributed by atoms with Crippen molar-refractivity contribution in [1.29, 1.82) is 0 Å². The Bertz CT molecular complexity index is 789. The van der Waals surface area contributed by atoms with Gasteiger partial charge in [-0.05, 0) is 60.7 Å². The van der Waals surface area contributed by atoms with E-state index in [0.29, 0.717) is 22.0 Å². The van der Waals surface area contributed by atoms with Crippen molar-refractivity contribution in [1.82, 2.24) is 5.32 Å². The first-order valence-corrected chi connectivity index (χ1v) is 8.81. The highest BCUT2D eigenvalue weighted by Gasteiger charge is 2.35. The Labute approximate surface area is 156 Å². The molecule has 1 aliphatic rings. The van der Waals surface area contributed by atoms with Crippen molar-refractivity contribution in [2.24, 2.45) is 0 Å². The second-order valence-electron chi connectivity index (χ2n) is 6.25. The Hall–Kier alpha value is -1.75. The maximum absolute atomic E-state index is 12.4. The van der Waals surface area contributed by atoms with Gasteiger partial charge in [0.15, 0.2) is 0 Å². The predicted molar refractivity (Wildman–Crippen MR) is 98.6 cm³/mol. The van der Waals surface area contributed by atoms with Crippen molar-refractivity contribution in [3.8, 4) is 5.75 Å². The molecule has 2 aromatic rings. The monoisotopic (exact) mass is 379 g/mol. The fraction of sp³-hybridized carbons (Fsp3) is 0.316. The van der Waals surface area contributed by atoms with Gasteiger partial charge in [0, 0.05) is 15.6 Å². The number of aliphatic hydroxyl groups is 1. The summed E-state index contributed by atoms with van der Waals surface area (Å²) >= 11 is 11.9. The smallest absolute Gasteiger partial charge is 0.251 e. The van der Waals surface area contributed by atoms with Gasteiger partial charge in [-0.3, -0.25) is 4.79 Å². The summed E-state index contributed by atoms with van der Waals surface area (Å²) in [6.07, 6.45) is 2.31. The van der Waals surface area contributed by atoms with Gasteiger partial charge in [-0.2, -0.15) is 0 Å². The van der Waals surface area contributed by atoms with Crippen LogP contribution < -0.4 is 10.1 Å². The minimum atomic E-state index is -1.10. The third kappa shape index (κ3) is 3.92. The van der Waals surface area contributed by atoms with Gasteiger partial charge in [-0.1, -0.05) is 29.3 Å². The fourth-order valence-electron chi connectivity index (χ4n) is 3.26. The van der Waals surface area contributed by atoms with Gasteiger partial charge in [-0.15, -0.1) is 0 Å². The lowest BCUT2D eigenvalue weighted by Crippen LogP contribution is -2.43. The van der Waals surface area contributed by atoms with E-state index in [1.54, 1.807) is 25.3 Å². The molecule has 0 aromatic heterocycles. The molecule has 1 atom stereocenters. The highest BCUT2D eigenvalue weighted by Crippen LogP contribution is 2.36. The molecule has 2 aromatic carbocycles. The Balaban J connectivity index is 1.78. The minimum Gasteiger partial charge on any atom is -0.497 e. The molecule has 0 heterocycles. The number of rotatable bonds is 4. The quantitative estimate of drug-likeness (QED) is 0.844. The molecule has 0 spiro atoms. The van der Waals surface area contributed by atoms with E-state index in [2.05, 4.69) is 5.32 Å². The molecule has 2 N–H and O–H groups in total. The number of aryl methyl sites for hydroxylation is 1. The van der Waals surface area contributed by atoms with E-state index >= 15 is 0 Å². The van der Waals surface area contributed by atoms with Gasteiger partial charge in [0.1, 0.15) is 11.4 Å². The molecule has 0 saturated heterocycles. The number of hydrogen-bond acceptors (Lipinski definition) is 3. The van der Waals surface area contributed by atoms with Crippen LogP contribution in [0.1, 0.15) is 34.3 Å². The van der Waals surface area contributed by atoms with Crippen molar-refractivity contribution in [2.45, 2.75) is 24.9 Å². The van der Waals surface area contributed by atoms with Crippen LogP contribution >= 0.6 is 23.2 Å². The summed E-state index contributed by atoms with van der Waals surface area (Å²) in [4.78, 5) is 12.4. The summed E-state index contributed by atoms with van der Waals surface area (Å²) in [6.45, 7) is 0.120. The number of nitrogens with one attached hydrogen (secondary N) is 1. The van der Waals surface area contributed by atoms with Crippen LogP contribution in [0.5, 0.6) is 5.75 Å². The molecule has 0 saturated carbocycles. The summed E-state index contributed by atoms with van der Waals surface area (Å²) in [5.74, 6) is 0.444. The first kappa shape index (κ1) is 18.1. The fourth-order valence-corrected chi connectivity index (χ4v) is 3.79. The second kappa shape index (κ2) is 7.24. The molecule has 0 bridgehead atoms. The molecule has 1 unspecified atom stereocenters. The zero-order chi connectivity index (χ0) is 18.0. The lowest BCUT2D eigenvalue weighted by molar-refractivity contribution is 0.0189. The van der Waals surface area contributed by atoms with Crippen LogP contribution in [0, 0.1) is 0 Å². The van der Waals surface area contributed by atoms with E-state index in [4.69, 9.17) is 27.9 Å². The summed E-state index contributed by atoms with van der Waals surface area (Å²) in [6, 6.07) is 10.3. The number of halogens is 2. The van der Waals surface area contributed by atoms with E-state index < -0.39 is 5.60 Å². The molecule has 1 aliphatic carbocycles. The van der Waals surface area contributed by atoms with Crippen LogP contribution in [0.15, 0.2) is 36.4 Å². The van der Waals surface area contributed by atoms with Crippen LogP contribution in [0.25, 0.3) is 0 Å². The second-order valence-corrected chi connectivity index (χ2v) is 7.12. The Morgan fingerprint density at radius 3 is 2.64 bits per heavy atom. The Kier molecular flexibility index (Phi) is 5.23. The molecule has 0 aliphatic heterocycles. The number of carbonyl (C=O) groups is 1. The average molecular weight is 380 g/mol. The maximum Gasteiger partial charge on any atom is 0.251 e. The van der Waals surface area contributed by atoms with E-state index in [-0.39, 0.29) is 12.5 Å². The first-order valence-electron chi connectivity index (χ1n) is 8.05. The van der Waals surface area contributed by atoms with Gasteiger partial charge in [-0.25, -0.2) is 0 Å². The standard InChI is InChI=1S/C19H19Cl2NO3/c1-25-16-4-5-17-12(9-16)3-2-6-19(17,24)11-22-18(23)13-7-14(20)10-15(21)8-13/h4-5,7-10,24H,2-3,6,11H2,1H3,(H,22,23). The minimum absolute atomic E-state index is 0.120. The van der Waals surface area contributed by atoms with E-state index in [0.717, 1.165) is 29.7 Å². The number of carbonyl (C=O) groups excluding carboxylic acids is 1. The summed E-state index contributed by atoms with van der Waals surface area (Å²) in [5, 5.41) is 14.7.